The van der Waals surface area contributed by atoms with Crippen molar-refractivity contribution < 1.29 is 9.59 Å². The number of carbonyl (C=O) groups is 2. The first-order valence-electron chi connectivity index (χ1n) is 8.31. The summed E-state index contributed by atoms with van der Waals surface area (Å²) in [5.41, 5.74) is 1.25. The summed E-state index contributed by atoms with van der Waals surface area (Å²) in [7, 11) is 0. The molecule has 1 aliphatic carbocycles. The van der Waals surface area contributed by atoms with Gasteiger partial charge in [-0.3, -0.25) is 9.59 Å². The van der Waals surface area contributed by atoms with Crippen molar-refractivity contribution in [3.8, 4) is 0 Å². The van der Waals surface area contributed by atoms with Gasteiger partial charge in [-0.05, 0) is 50.8 Å². The summed E-state index contributed by atoms with van der Waals surface area (Å²) in [6, 6.07) is 4.75. The number of hydrogen-bond donors (Lipinski definition) is 1. The van der Waals surface area contributed by atoms with Gasteiger partial charge >= 0.3 is 0 Å². The molecule has 0 aliphatic heterocycles. The normalized spacial score (nSPS) is 13.5. The quantitative estimate of drug-likeness (QED) is 0.757. The second-order valence-corrected chi connectivity index (χ2v) is 8.51. The largest absolute Gasteiger partial charge is 0.329 e. The zero-order chi connectivity index (χ0) is 18.8. The van der Waals surface area contributed by atoms with Crippen LogP contribution in [0.1, 0.15) is 33.8 Å². The van der Waals surface area contributed by atoms with E-state index in [1.807, 2.05) is 13.8 Å². The SMILES string of the molecule is Cc1nc(NC(=O)CN(CC2CC2)C(=O)c2ccc(Cl)cc2Cl)sc1C. The second kappa shape index (κ2) is 7.94. The zero-order valence-corrected chi connectivity index (χ0v) is 16.8. The Labute approximate surface area is 166 Å². The van der Waals surface area contributed by atoms with Crippen molar-refractivity contribution >= 4 is 51.5 Å². The van der Waals surface area contributed by atoms with Crippen molar-refractivity contribution in [2.45, 2.75) is 26.7 Å². The lowest BCUT2D eigenvalue weighted by Crippen LogP contribution is -2.39. The number of carbonyl (C=O) groups excluding carboxylic acids is 2. The number of rotatable bonds is 6. The summed E-state index contributed by atoms with van der Waals surface area (Å²) in [6.07, 6.45) is 2.15. The summed E-state index contributed by atoms with van der Waals surface area (Å²) in [5, 5.41) is 4.08. The van der Waals surface area contributed by atoms with E-state index < -0.39 is 0 Å². The lowest BCUT2D eigenvalue weighted by atomic mass is 10.2. The summed E-state index contributed by atoms with van der Waals surface area (Å²) in [5.74, 6) is -0.0831. The average molecular weight is 412 g/mol. The molecule has 0 atom stereocenters. The van der Waals surface area contributed by atoms with Crippen molar-refractivity contribution in [1.29, 1.82) is 0 Å². The minimum absolute atomic E-state index is 0.0358. The first-order chi connectivity index (χ1) is 12.3. The molecule has 138 valence electrons. The van der Waals surface area contributed by atoms with Gasteiger partial charge in [0.2, 0.25) is 5.91 Å². The maximum absolute atomic E-state index is 12.9. The Kier molecular flexibility index (Phi) is 5.85. The van der Waals surface area contributed by atoms with Gasteiger partial charge in [-0.25, -0.2) is 4.98 Å². The van der Waals surface area contributed by atoms with Gasteiger partial charge in [-0.2, -0.15) is 0 Å². The van der Waals surface area contributed by atoms with Crippen LogP contribution >= 0.6 is 34.5 Å². The molecule has 2 aromatic rings. The fourth-order valence-corrected chi connectivity index (χ4v) is 3.84. The summed E-state index contributed by atoms with van der Waals surface area (Å²) < 4.78 is 0. The lowest BCUT2D eigenvalue weighted by molar-refractivity contribution is -0.116. The minimum Gasteiger partial charge on any atom is -0.329 e. The predicted molar refractivity (Wildman–Crippen MR) is 105 cm³/mol. The number of nitrogens with zero attached hydrogens (tertiary/aromatic N) is 2. The number of amides is 2. The van der Waals surface area contributed by atoms with Crippen LogP contribution in [0.3, 0.4) is 0 Å². The number of aromatic nitrogens is 1. The third-order valence-electron chi connectivity index (χ3n) is 4.23. The Hall–Kier alpha value is -1.63. The number of anilines is 1. The molecule has 0 radical (unpaired) electrons. The van der Waals surface area contributed by atoms with Gasteiger partial charge in [-0.15, -0.1) is 11.3 Å². The molecular weight excluding hydrogens is 393 g/mol. The second-order valence-electron chi connectivity index (χ2n) is 6.46. The van der Waals surface area contributed by atoms with E-state index >= 15 is 0 Å². The maximum atomic E-state index is 12.9. The molecule has 3 rings (SSSR count). The van der Waals surface area contributed by atoms with E-state index in [1.165, 1.54) is 17.4 Å². The number of aryl methyl sites for hydroxylation is 2. The van der Waals surface area contributed by atoms with Crippen LogP contribution in [0.25, 0.3) is 0 Å². The molecule has 0 unspecified atom stereocenters. The molecule has 1 aromatic carbocycles. The topological polar surface area (TPSA) is 62.3 Å². The Bertz CT molecular complexity index is 829. The number of hydrogen-bond acceptors (Lipinski definition) is 4. The minimum atomic E-state index is -0.266. The van der Waals surface area contributed by atoms with Crippen molar-refractivity contribution in [2.75, 3.05) is 18.4 Å². The molecule has 1 saturated carbocycles. The highest BCUT2D eigenvalue weighted by molar-refractivity contribution is 7.15. The monoisotopic (exact) mass is 411 g/mol. The van der Waals surface area contributed by atoms with Gasteiger partial charge in [0.1, 0.15) is 6.54 Å². The molecule has 0 bridgehead atoms. The lowest BCUT2D eigenvalue weighted by Gasteiger charge is -2.22. The molecule has 1 N–H and O–H groups in total. The molecule has 0 spiro atoms. The van der Waals surface area contributed by atoms with E-state index in [4.69, 9.17) is 23.2 Å². The number of nitrogens with one attached hydrogen (secondary N) is 1. The molecule has 8 heteroatoms. The van der Waals surface area contributed by atoms with Crippen LogP contribution in [0.2, 0.25) is 10.0 Å². The average Bonchev–Trinajstić information content (AvgIpc) is 3.31. The molecule has 2 amide bonds. The van der Waals surface area contributed by atoms with Crippen LogP contribution in [0, 0.1) is 19.8 Å². The molecule has 1 aliphatic rings. The van der Waals surface area contributed by atoms with Crippen LogP contribution in [0.15, 0.2) is 18.2 Å². The molecule has 0 saturated heterocycles. The summed E-state index contributed by atoms with van der Waals surface area (Å²) in [4.78, 5) is 32.2. The van der Waals surface area contributed by atoms with Crippen LogP contribution in [-0.2, 0) is 4.79 Å². The van der Waals surface area contributed by atoms with Crippen molar-refractivity contribution in [1.82, 2.24) is 9.88 Å². The van der Waals surface area contributed by atoms with Crippen molar-refractivity contribution in [3.05, 3.63) is 44.4 Å². The molecule has 5 nitrogen and oxygen atoms in total. The third kappa shape index (κ3) is 4.75. The Morgan fingerprint density at radius 1 is 1.31 bits per heavy atom. The summed E-state index contributed by atoms with van der Waals surface area (Å²) in [6.45, 7) is 4.36. The predicted octanol–water partition coefficient (Wildman–Crippen LogP) is 4.56. The number of thiazole rings is 1. The Balaban J connectivity index is 1.72. The number of halogens is 2. The highest BCUT2D eigenvalue weighted by atomic mass is 35.5. The van der Waals surface area contributed by atoms with E-state index in [1.54, 1.807) is 17.0 Å². The smallest absolute Gasteiger partial charge is 0.255 e. The molecule has 1 fully saturated rings. The van der Waals surface area contributed by atoms with E-state index in [9.17, 15) is 9.59 Å². The van der Waals surface area contributed by atoms with Crippen molar-refractivity contribution in [3.63, 3.8) is 0 Å². The first kappa shape index (κ1) is 19.1. The van der Waals surface area contributed by atoms with Gasteiger partial charge in [0.05, 0.1) is 16.3 Å². The third-order valence-corrected chi connectivity index (χ3v) is 5.77. The highest BCUT2D eigenvalue weighted by Crippen LogP contribution is 2.31. The Morgan fingerprint density at radius 2 is 2.04 bits per heavy atom. The van der Waals surface area contributed by atoms with Gasteiger partial charge in [0.25, 0.3) is 5.91 Å². The maximum Gasteiger partial charge on any atom is 0.255 e. The van der Waals surface area contributed by atoms with Gasteiger partial charge in [0.15, 0.2) is 5.13 Å². The highest BCUT2D eigenvalue weighted by Gasteiger charge is 2.29. The molecule has 1 aromatic heterocycles. The molecule has 1 heterocycles. The van der Waals surface area contributed by atoms with Crippen LogP contribution in [0.5, 0.6) is 0 Å². The van der Waals surface area contributed by atoms with E-state index in [-0.39, 0.29) is 23.4 Å². The van der Waals surface area contributed by atoms with Gasteiger partial charge in [0, 0.05) is 16.4 Å². The van der Waals surface area contributed by atoms with Gasteiger partial charge < -0.3 is 10.2 Å². The van der Waals surface area contributed by atoms with Gasteiger partial charge in [-0.1, -0.05) is 23.2 Å². The van der Waals surface area contributed by atoms with E-state index in [0.717, 1.165) is 23.4 Å². The standard InChI is InChI=1S/C18H19Cl2N3O2S/c1-10-11(2)26-18(21-10)22-16(24)9-23(8-12-3-4-12)17(25)14-6-5-13(19)7-15(14)20/h5-7,12H,3-4,8-9H2,1-2H3,(H,21,22,24). The van der Waals surface area contributed by atoms with Crippen LogP contribution in [0.4, 0.5) is 5.13 Å². The first-order valence-corrected chi connectivity index (χ1v) is 9.89. The Morgan fingerprint density at radius 3 is 2.62 bits per heavy atom. The summed E-state index contributed by atoms with van der Waals surface area (Å²) >= 11 is 13.5. The molecule has 26 heavy (non-hydrogen) atoms. The molecular formula is C18H19Cl2N3O2S. The van der Waals surface area contributed by atoms with Crippen LogP contribution < -0.4 is 5.32 Å². The fourth-order valence-electron chi connectivity index (χ4n) is 2.52. The van der Waals surface area contributed by atoms with E-state index in [2.05, 4.69) is 10.3 Å². The van der Waals surface area contributed by atoms with Crippen molar-refractivity contribution in [2.24, 2.45) is 5.92 Å². The zero-order valence-electron chi connectivity index (χ0n) is 14.5. The number of benzene rings is 1. The fraction of sp³-hybridized carbons (Fsp3) is 0.389. The van der Waals surface area contributed by atoms with E-state index in [0.29, 0.717) is 28.2 Å². The van der Waals surface area contributed by atoms with Crippen LogP contribution in [-0.4, -0.2) is 34.8 Å².